The molecule has 1 aliphatic carbocycles. The van der Waals surface area contributed by atoms with E-state index in [1.807, 2.05) is 0 Å². The van der Waals surface area contributed by atoms with Crippen LogP contribution in [0.15, 0.2) is 24.3 Å². The Hall–Kier alpha value is -1.11. The molecule has 6 heteroatoms. The molecule has 0 heterocycles. The van der Waals surface area contributed by atoms with Crippen molar-refractivity contribution in [2.45, 2.75) is 16.7 Å². The minimum atomic E-state index is -3.28. The van der Waals surface area contributed by atoms with Gasteiger partial charge in [0.05, 0.1) is 24.5 Å². The number of benzene rings is 1. The van der Waals surface area contributed by atoms with Gasteiger partial charge in [-0.3, -0.25) is 0 Å². The number of sulfone groups is 1. The van der Waals surface area contributed by atoms with E-state index in [-0.39, 0.29) is 12.5 Å². The molecule has 0 radical (unpaired) electrons. The van der Waals surface area contributed by atoms with Crippen molar-refractivity contribution < 1.29 is 18.3 Å². The summed E-state index contributed by atoms with van der Waals surface area (Å²) in [5.41, 5.74) is 5.70. The molecule has 18 heavy (non-hydrogen) atoms. The van der Waals surface area contributed by atoms with Crippen LogP contribution in [0.2, 0.25) is 0 Å². The number of aliphatic hydroxyl groups is 1. The van der Waals surface area contributed by atoms with Crippen LogP contribution in [0.5, 0.6) is 5.75 Å². The standard InChI is InChI=1S/C12H17NO4S/c1-17-9-5-3-8(4-6-9)10-11(18(2,15)16)12(10,13)7-14/h3-6,10-11,14H,7,13H2,1-2H3/t10-,11-,12-/m1/s1. The molecule has 1 fully saturated rings. The van der Waals surface area contributed by atoms with Crippen LogP contribution in [0, 0.1) is 0 Å². The summed E-state index contributed by atoms with van der Waals surface area (Å²) in [6.07, 6.45) is 1.15. The van der Waals surface area contributed by atoms with Crippen molar-refractivity contribution >= 4 is 9.84 Å². The predicted octanol–water partition coefficient (Wildman–Crippen LogP) is -0.105. The monoisotopic (exact) mass is 271 g/mol. The molecule has 2 rings (SSSR count). The highest BCUT2D eigenvalue weighted by molar-refractivity contribution is 7.91. The lowest BCUT2D eigenvalue weighted by Crippen LogP contribution is -2.34. The maximum absolute atomic E-state index is 11.7. The lowest BCUT2D eigenvalue weighted by molar-refractivity contribution is 0.253. The zero-order valence-corrected chi connectivity index (χ0v) is 11.1. The first kappa shape index (κ1) is 13.3. The van der Waals surface area contributed by atoms with Gasteiger partial charge in [-0.2, -0.15) is 0 Å². The maximum Gasteiger partial charge on any atom is 0.152 e. The van der Waals surface area contributed by atoms with Gasteiger partial charge in [-0.15, -0.1) is 0 Å². The normalized spacial score (nSPS) is 31.1. The fraction of sp³-hybridized carbons (Fsp3) is 0.500. The van der Waals surface area contributed by atoms with Crippen molar-refractivity contribution in [1.29, 1.82) is 0 Å². The van der Waals surface area contributed by atoms with Crippen LogP contribution in [-0.2, 0) is 9.84 Å². The van der Waals surface area contributed by atoms with Gasteiger partial charge < -0.3 is 15.6 Å². The van der Waals surface area contributed by atoms with E-state index in [0.29, 0.717) is 5.75 Å². The summed E-state index contributed by atoms with van der Waals surface area (Å²) in [6, 6.07) is 7.08. The third kappa shape index (κ3) is 2.00. The van der Waals surface area contributed by atoms with Crippen LogP contribution >= 0.6 is 0 Å². The molecule has 1 aromatic carbocycles. The van der Waals surface area contributed by atoms with E-state index in [0.717, 1.165) is 11.8 Å². The summed E-state index contributed by atoms with van der Waals surface area (Å²) < 4.78 is 28.4. The lowest BCUT2D eigenvalue weighted by atomic mass is 10.1. The number of methoxy groups -OCH3 is 1. The van der Waals surface area contributed by atoms with Crippen LogP contribution in [-0.4, -0.2) is 44.3 Å². The van der Waals surface area contributed by atoms with Gasteiger partial charge >= 0.3 is 0 Å². The number of aliphatic hydroxyl groups excluding tert-OH is 1. The minimum absolute atomic E-state index is 0.346. The number of hydrogen-bond acceptors (Lipinski definition) is 5. The highest BCUT2D eigenvalue weighted by atomic mass is 32.2. The van der Waals surface area contributed by atoms with Crippen LogP contribution < -0.4 is 10.5 Å². The van der Waals surface area contributed by atoms with Crippen LogP contribution in [0.3, 0.4) is 0 Å². The first-order valence-electron chi connectivity index (χ1n) is 5.57. The molecule has 0 aromatic heterocycles. The van der Waals surface area contributed by atoms with Gasteiger partial charge in [0.2, 0.25) is 0 Å². The molecule has 0 bridgehead atoms. The van der Waals surface area contributed by atoms with Crippen molar-refractivity contribution in [3.8, 4) is 5.75 Å². The number of ether oxygens (including phenoxy) is 1. The molecule has 3 N–H and O–H groups in total. The quantitative estimate of drug-likeness (QED) is 0.798. The van der Waals surface area contributed by atoms with Gasteiger partial charge in [0.15, 0.2) is 9.84 Å². The summed E-state index contributed by atoms with van der Waals surface area (Å²) in [7, 11) is -1.72. The van der Waals surface area contributed by atoms with Gasteiger partial charge in [0, 0.05) is 12.2 Å². The number of rotatable bonds is 4. The highest BCUT2D eigenvalue weighted by Gasteiger charge is 2.67. The van der Waals surface area contributed by atoms with Gasteiger partial charge in [-0.05, 0) is 17.7 Å². The molecule has 3 atom stereocenters. The second-order valence-corrected chi connectivity index (χ2v) is 6.94. The van der Waals surface area contributed by atoms with E-state index in [4.69, 9.17) is 10.5 Å². The Balaban J connectivity index is 2.33. The fourth-order valence-electron chi connectivity index (χ4n) is 2.55. The van der Waals surface area contributed by atoms with Crippen molar-refractivity contribution in [2.75, 3.05) is 20.0 Å². The van der Waals surface area contributed by atoms with E-state index >= 15 is 0 Å². The molecular weight excluding hydrogens is 254 g/mol. The smallest absolute Gasteiger partial charge is 0.152 e. The fourth-order valence-corrected chi connectivity index (χ4v) is 4.40. The molecule has 5 nitrogen and oxygen atoms in total. The summed E-state index contributed by atoms with van der Waals surface area (Å²) >= 11 is 0. The van der Waals surface area contributed by atoms with E-state index < -0.39 is 20.6 Å². The third-order valence-corrected chi connectivity index (χ3v) is 5.15. The highest BCUT2D eigenvalue weighted by Crippen LogP contribution is 2.53. The molecule has 0 saturated heterocycles. The van der Waals surface area contributed by atoms with Crippen LogP contribution in [0.4, 0.5) is 0 Å². The molecule has 1 saturated carbocycles. The Labute approximate surface area is 106 Å². The summed E-state index contributed by atoms with van der Waals surface area (Å²) in [4.78, 5) is 0. The van der Waals surface area contributed by atoms with Crippen LogP contribution in [0.1, 0.15) is 11.5 Å². The molecule has 0 spiro atoms. The first-order chi connectivity index (χ1) is 8.34. The molecule has 0 aliphatic heterocycles. The van der Waals surface area contributed by atoms with E-state index in [2.05, 4.69) is 0 Å². The maximum atomic E-state index is 11.7. The Morgan fingerprint density at radius 1 is 1.39 bits per heavy atom. The molecule has 1 aromatic rings. The average Bonchev–Trinajstić information content (AvgIpc) is 2.97. The van der Waals surface area contributed by atoms with Gasteiger partial charge in [-0.25, -0.2) is 8.42 Å². The molecular formula is C12H17NO4S. The Morgan fingerprint density at radius 3 is 2.28 bits per heavy atom. The van der Waals surface area contributed by atoms with E-state index in [9.17, 15) is 13.5 Å². The lowest BCUT2D eigenvalue weighted by Gasteiger charge is -2.07. The summed E-state index contributed by atoms with van der Waals surface area (Å²) in [5, 5.41) is 8.60. The topological polar surface area (TPSA) is 89.6 Å². The van der Waals surface area contributed by atoms with Gasteiger partial charge in [0.1, 0.15) is 5.75 Å². The Morgan fingerprint density at radius 2 is 1.94 bits per heavy atom. The van der Waals surface area contributed by atoms with E-state index in [1.165, 1.54) is 0 Å². The zero-order chi connectivity index (χ0) is 13.6. The molecule has 100 valence electrons. The van der Waals surface area contributed by atoms with Gasteiger partial charge in [-0.1, -0.05) is 12.1 Å². The summed E-state index contributed by atoms with van der Waals surface area (Å²) in [5.74, 6) is 0.338. The average molecular weight is 271 g/mol. The van der Waals surface area contributed by atoms with Crippen LogP contribution in [0.25, 0.3) is 0 Å². The largest absolute Gasteiger partial charge is 0.497 e. The summed E-state index contributed by atoms with van der Waals surface area (Å²) in [6.45, 7) is -0.346. The number of nitrogens with two attached hydrogens (primary N) is 1. The van der Waals surface area contributed by atoms with Gasteiger partial charge in [0.25, 0.3) is 0 Å². The van der Waals surface area contributed by atoms with Crippen molar-refractivity contribution in [1.82, 2.24) is 0 Å². The predicted molar refractivity (Wildman–Crippen MR) is 68.4 cm³/mol. The second kappa shape index (κ2) is 4.22. The minimum Gasteiger partial charge on any atom is -0.497 e. The Kier molecular flexibility index (Phi) is 3.12. The third-order valence-electron chi connectivity index (χ3n) is 3.51. The van der Waals surface area contributed by atoms with Crippen molar-refractivity contribution in [3.05, 3.63) is 29.8 Å². The second-order valence-electron chi connectivity index (χ2n) is 4.77. The van der Waals surface area contributed by atoms with E-state index in [1.54, 1.807) is 31.4 Å². The molecule has 1 aliphatic rings. The molecule has 0 amide bonds. The SMILES string of the molecule is COc1ccc([C@@H]2[C@@H](S(C)(=O)=O)[C@@]2(N)CO)cc1. The first-order valence-corrected chi connectivity index (χ1v) is 7.52. The molecule has 0 unspecified atom stereocenters. The van der Waals surface area contributed by atoms with Crippen molar-refractivity contribution in [2.24, 2.45) is 5.73 Å². The van der Waals surface area contributed by atoms with Crippen molar-refractivity contribution in [3.63, 3.8) is 0 Å². The Bertz CT molecular complexity index is 540. The number of hydrogen-bond donors (Lipinski definition) is 2. The zero-order valence-electron chi connectivity index (χ0n) is 10.3.